The van der Waals surface area contributed by atoms with Crippen LogP contribution in [-0.4, -0.2) is 34.9 Å². The Morgan fingerprint density at radius 3 is 2.61 bits per heavy atom. The fourth-order valence-electron chi connectivity index (χ4n) is 3.69. The van der Waals surface area contributed by atoms with E-state index >= 15 is 0 Å². The van der Waals surface area contributed by atoms with E-state index in [1.807, 2.05) is 12.1 Å². The van der Waals surface area contributed by atoms with Gasteiger partial charge in [0.05, 0.1) is 5.69 Å². The Kier molecular flexibility index (Phi) is 6.06. The summed E-state index contributed by atoms with van der Waals surface area (Å²) in [4.78, 5) is 19.3. The molecule has 1 N–H and O–H groups in total. The Labute approximate surface area is 147 Å². The van der Waals surface area contributed by atoms with Crippen LogP contribution in [0, 0.1) is 5.92 Å². The molecule has 2 aliphatic rings. The van der Waals surface area contributed by atoms with Gasteiger partial charge in [0.2, 0.25) is 5.91 Å². The molecule has 2 heterocycles. The Morgan fingerprint density at radius 2 is 1.91 bits per heavy atom. The normalized spacial score (nSPS) is 21.3. The molecule has 1 saturated heterocycles. The van der Waals surface area contributed by atoms with E-state index in [2.05, 4.69) is 37.2 Å². The maximum atomic E-state index is 12.4. The molecule has 1 aromatic heterocycles. The van der Waals surface area contributed by atoms with Gasteiger partial charge in [0.1, 0.15) is 4.60 Å². The average Bonchev–Trinajstić information content (AvgIpc) is 2.56. The van der Waals surface area contributed by atoms with E-state index in [1.54, 1.807) is 0 Å². The van der Waals surface area contributed by atoms with Crippen LogP contribution in [0.25, 0.3) is 0 Å². The standard InChI is InChI=1S/C18H26BrN3O/c19-17-8-4-7-16(20-17)13-22-11-9-14(10-12-22)18(23)21-15-5-2-1-3-6-15/h4,7-8,14-15H,1-3,5-6,9-13H2,(H,21,23). The number of rotatable bonds is 4. The van der Waals surface area contributed by atoms with Gasteiger partial charge in [0.15, 0.2) is 0 Å². The lowest BCUT2D eigenvalue weighted by Gasteiger charge is -2.32. The molecule has 23 heavy (non-hydrogen) atoms. The molecule has 0 atom stereocenters. The molecule has 5 heteroatoms. The van der Waals surface area contributed by atoms with Crippen molar-refractivity contribution in [1.29, 1.82) is 0 Å². The second kappa shape index (κ2) is 8.25. The first kappa shape index (κ1) is 16.9. The van der Waals surface area contributed by atoms with Crippen LogP contribution >= 0.6 is 15.9 Å². The van der Waals surface area contributed by atoms with Crippen LogP contribution in [0.1, 0.15) is 50.6 Å². The third-order valence-electron chi connectivity index (χ3n) is 5.07. The van der Waals surface area contributed by atoms with Crippen LogP contribution in [0.4, 0.5) is 0 Å². The zero-order valence-corrected chi connectivity index (χ0v) is 15.2. The summed E-state index contributed by atoms with van der Waals surface area (Å²) >= 11 is 3.42. The number of likely N-dealkylation sites (tertiary alicyclic amines) is 1. The lowest BCUT2D eigenvalue weighted by molar-refractivity contribution is -0.127. The number of nitrogens with one attached hydrogen (secondary N) is 1. The highest BCUT2D eigenvalue weighted by Crippen LogP contribution is 2.22. The molecule has 4 nitrogen and oxygen atoms in total. The number of carbonyl (C=O) groups is 1. The van der Waals surface area contributed by atoms with Crippen LogP contribution in [0.15, 0.2) is 22.8 Å². The average molecular weight is 380 g/mol. The minimum absolute atomic E-state index is 0.198. The Balaban J connectivity index is 1.43. The summed E-state index contributed by atoms with van der Waals surface area (Å²) in [6, 6.07) is 6.47. The van der Waals surface area contributed by atoms with Crippen LogP contribution in [-0.2, 0) is 11.3 Å². The van der Waals surface area contributed by atoms with Gasteiger partial charge in [-0.15, -0.1) is 0 Å². The summed E-state index contributed by atoms with van der Waals surface area (Å²) in [5.74, 6) is 0.487. The third kappa shape index (κ3) is 5.01. The summed E-state index contributed by atoms with van der Waals surface area (Å²) in [5, 5.41) is 3.28. The molecule has 1 aliphatic heterocycles. The van der Waals surface area contributed by atoms with E-state index in [9.17, 15) is 4.79 Å². The number of hydrogen-bond acceptors (Lipinski definition) is 3. The monoisotopic (exact) mass is 379 g/mol. The fraction of sp³-hybridized carbons (Fsp3) is 0.667. The molecular formula is C18H26BrN3O. The highest BCUT2D eigenvalue weighted by atomic mass is 79.9. The highest BCUT2D eigenvalue weighted by Gasteiger charge is 2.27. The van der Waals surface area contributed by atoms with E-state index in [0.717, 1.165) is 42.8 Å². The van der Waals surface area contributed by atoms with Crippen molar-refractivity contribution in [3.05, 3.63) is 28.5 Å². The molecule has 1 amide bonds. The largest absolute Gasteiger partial charge is 0.353 e. The van der Waals surface area contributed by atoms with E-state index in [-0.39, 0.29) is 11.8 Å². The zero-order chi connectivity index (χ0) is 16.1. The predicted molar refractivity (Wildman–Crippen MR) is 95.0 cm³/mol. The number of amides is 1. The van der Waals surface area contributed by atoms with Gasteiger partial charge in [-0.05, 0) is 66.8 Å². The zero-order valence-electron chi connectivity index (χ0n) is 13.6. The Bertz CT molecular complexity index is 523. The molecule has 0 bridgehead atoms. The van der Waals surface area contributed by atoms with E-state index in [4.69, 9.17) is 0 Å². The molecule has 3 rings (SSSR count). The first-order valence-electron chi connectivity index (χ1n) is 8.85. The minimum Gasteiger partial charge on any atom is -0.353 e. The lowest BCUT2D eigenvalue weighted by Crippen LogP contribution is -2.44. The van der Waals surface area contributed by atoms with Gasteiger partial charge < -0.3 is 5.32 Å². The van der Waals surface area contributed by atoms with E-state index < -0.39 is 0 Å². The van der Waals surface area contributed by atoms with Crippen molar-refractivity contribution in [2.24, 2.45) is 5.92 Å². The third-order valence-corrected chi connectivity index (χ3v) is 5.51. The molecule has 1 aromatic rings. The van der Waals surface area contributed by atoms with Crippen molar-refractivity contribution in [3.8, 4) is 0 Å². The van der Waals surface area contributed by atoms with Gasteiger partial charge in [-0.25, -0.2) is 4.98 Å². The molecule has 0 radical (unpaired) electrons. The minimum atomic E-state index is 0.198. The summed E-state index contributed by atoms with van der Waals surface area (Å²) in [6.07, 6.45) is 8.12. The Morgan fingerprint density at radius 1 is 1.17 bits per heavy atom. The Hall–Kier alpha value is -0.940. The molecule has 0 spiro atoms. The highest BCUT2D eigenvalue weighted by molar-refractivity contribution is 9.10. The van der Waals surface area contributed by atoms with Gasteiger partial charge in [0, 0.05) is 18.5 Å². The van der Waals surface area contributed by atoms with Gasteiger partial charge in [0.25, 0.3) is 0 Å². The predicted octanol–water partition coefficient (Wildman–Crippen LogP) is 3.51. The van der Waals surface area contributed by atoms with E-state index in [1.165, 1.54) is 32.1 Å². The number of nitrogens with zero attached hydrogens (tertiary/aromatic N) is 2. The summed E-state index contributed by atoms with van der Waals surface area (Å²) in [6.45, 7) is 2.84. The number of pyridine rings is 1. The van der Waals surface area contributed by atoms with Crippen molar-refractivity contribution >= 4 is 21.8 Å². The quantitative estimate of drug-likeness (QED) is 0.814. The SMILES string of the molecule is O=C(NC1CCCCC1)C1CCN(Cc2cccc(Br)n2)CC1. The van der Waals surface area contributed by atoms with Crippen LogP contribution in [0.5, 0.6) is 0 Å². The summed E-state index contributed by atoms with van der Waals surface area (Å²) in [7, 11) is 0. The van der Waals surface area contributed by atoms with Gasteiger partial charge in [-0.2, -0.15) is 0 Å². The number of aromatic nitrogens is 1. The van der Waals surface area contributed by atoms with Crippen LogP contribution < -0.4 is 5.32 Å². The number of halogens is 1. The van der Waals surface area contributed by atoms with Crippen molar-refractivity contribution in [3.63, 3.8) is 0 Å². The van der Waals surface area contributed by atoms with Gasteiger partial charge in [-0.1, -0.05) is 25.3 Å². The maximum Gasteiger partial charge on any atom is 0.223 e. The molecule has 1 saturated carbocycles. The number of carbonyl (C=O) groups excluding carboxylic acids is 1. The number of piperidine rings is 1. The first-order chi connectivity index (χ1) is 11.2. The molecule has 126 valence electrons. The lowest BCUT2D eigenvalue weighted by atomic mass is 9.92. The van der Waals surface area contributed by atoms with Crippen molar-refractivity contribution in [2.45, 2.75) is 57.5 Å². The first-order valence-corrected chi connectivity index (χ1v) is 9.64. The second-order valence-electron chi connectivity index (χ2n) is 6.85. The van der Waals surface area contributed by atoms with E-state index in [0.29, 0.717) is 6.04 Å². The second-order valence-corrected chi connectivity index (χ2v) is 7.66. The van der Waals surface area contributed by atoms with Gasteiger partial charge >= 0.3 is 0 Å². The summed E-state index contributed by atoms with van der Waals surface area (Å²) < 4.78 is 0.886. The summed E-state index contributed by atoms with van der Waals surface area (Å²) in [5.41, 5.74) is 1.09. The topological polar surface area (TPSA) is 45.2 Å². The molecular weight excluding hydrogens is 354 g/mol. The smallest absolute Gasteiger partial charge is 0.223 e. The van der Waals surface area contributed by atoms with Crippen molar-refractivity contribution in [1.82, 2.24) is 15.2 Å². The van der Waals surface area contributed by atoms with Crippen molar-refractivity contribution in [2.75, 3.05) is 13.1 Å². The molecule has 0 aromatic carbocycles. The molecule has 0 unspecified atom stereocenters. The van der Waals surface area contributed by atoms with Crippen LogP contribution in [0.3, 0.4) is 0 Å². The van der Waals surface area contributed by atoms with Crippen molar-refractivity contribution < 1.29 is 4.79 Å². The number of hydrogen-bond donors (Lipinski definition) is 1. The molecule has 2 fully saturated rings. The fourth-order valence-corrected chi connectivity index (χ4v) is 4.07. The molecule has 1 aliphatic carbocycles. The van der Waals surface area contributed by atoms with Gasteiger partial charge in [-0.3, -0.25) is 9.69 Å². The van der Waals surface area contributed by atoms with Crippen LogP contribution in [0.2, 0.25) is 0 Å². The maximum absolute atomic E-state index is 12.4.